The van der Waals surface area contributed by atoms with Crippen molar-refractivity contribution in [3.63, 3.8) is 0 Å². The molecule has 1 aromatic carbocycles. The first-order chi connectivity index (χ1) is 11.9. The highest BCUT2D eigenvalue weighted by Crippen LogP contribution is 2.38. The summed E-state index contributed by atoms with van der Waals surface area (Å²) < 4.78 is 10.7. The molecule has 0 saturated heterocycles. The summed E-state index contributed by atoms with van der Waals surface area (Å²) >= 11 is 0. The Morgan fingerprint density at radius 2 is 1.92 bits per heavy atom. The molecule has 0 atom stereocenters. The lowest BCUT2D eigenvalue weighted by Gasteiger charge is -2.13. The molecule has 0 bridgehead atoms. The van der Waals surface area contributed by atoms with Crippen LogP contribution >= 0.6 is 0 Å². The molecule has 25 heavy (non-hydrogen) atoms. The van der Waals surface area contributed by atoms with Gasteiger partial charge in [-0.3, -0.25) is 9.89 Å². The van der Waals surface area contributed by atoms with Crippen LogP contribution < -0.4 is 14.8 Å². The van der Waals surface area contributed by atoms with Crippen molar-refractivity contribution in [2.45, 2.75) is 34.1 Å². The first kappa shape index (κ1) is 18.8. The van der Waals surface area contributed by atoms with E-state index >= 15 is 0 Å². The molecule has 1 amide bonds. The molecule has 6 nitrogen and oxygen atoms in total. The highest BCUT2D eigenvalue weighted by Gasteiger charge is 2.21. The van der Waals surface area contributed by atoms with Crippen LogP contribution in [-0.2, 0) is 11.2 Å². The molecule has 0 unspecified atom stereocenters. The summed E-state index contributed by atoms with van der Waals surface area (Å²) in [6.07, 6.45) is 0.791. The van der Waals surface area contributed by atoms with E-state index in [1.807, 2.05) is 26.0 Å². The minimum absolute atomic E-state index is 0.0415. The van der Waals surface area contributed by atoms with Crippen LogP contribution in [0.5, 0.6) is 11.5 Å². The number of aromatic amines is 1. The number of hydrogen-bond acceptors (Lipinski definition) is 4. The van der Waals surface area contributed by atoms with Gasteiger partial charge >= 0.3 is 0 Å². The molecule has 0 fully saturated rings. The first-order valence-electron chi connectivity index (χ1n) is 8.47. The zero-order valence-electron chi connectivity index (χ0n) is 15.8. The Hall–Kier alpha value is -2.50. The number of aromatic nitrogens is 2. The van der Waals surface area contributed by atoms with Gasteiger partial charge in [0.25, 0.3) is 0 Å². The Labute approximate surface area is 148 Å². The first-order valence-corrected chi connectivity index (χ1v) is 8.47. The predicted octanol–water partition coefficient (Wildman–Crippen LogP) is 3.89. The molecule has 0 saturated carbocycles. The summed E-state index contributed by atoms with van der Waals surface area (Å²) in [5, 5.41) is 10.6. The van der Waals surface area contributed by atoms with Crippen molar-refractivity contribution >= 4 is 11.6 Å². The zero-order chi connectivity index (χ0) is 18.6. The van der Waals surface area contributed by atoms with Crippen LogP contribution in [0, 0.1) is 11.8 Å². The molecule has 0 aliphatic heterocycles. The van der Waals surface area contributed by atoms with E-state index in [-0.39, 0.29) is 11.8 Å². The number of benzene rings is 1. The number of rotatable bonds is 7. The van der Waals surface area contributed by atoms with E-state index < -0.39 is 0 Å². The maximum Gasteiger partial charge on any atom is 0.227 e. The Balaban J connectivity index is 2.53. The summed E-state index contributed by atoms with van der Waals surface area (Å²) in [7, 11) is 3.21. The van der Waals surface area contributed by atoms with E-state index in [4.69, 9.17) is 9.47 Å². The van der Waals surface area contributed by atoms with Crippen LogP contribution in [0.3, 0.4) is 0 Å². The average molecular weight is 345 g/mol. The fourth-order valence-corrected chi connectivity index (χ4v) is 2.53. The molecule has 136 valence electrons. The Morgan fingerprint density at radius 3 is 2.48 bits per heavy atom. The number of hydrogen-bond donors (Lipinski definition) is 2. The normalized spacial score (nSPS) is 11.0. The van der Waals surface area contributed by atoms with Crippen molar-refractivity contribution < 1.29 is 14.3 Å². The van der Waals surface area contributed by atoms with Gasteiger partial charge in [0.1, 0.15) is 17.2 Å². The molecule has 2 N–H and O–H groups in total. The number of amides is 1. The third kappa shape index (κ3) is 4.32. The highest BCUT2D eigenvalue weighted by atomic mass is 16.5. The van der Waals surface area contributed by atoms with Gasteiger partial charge in [-0.2, -0.15) is 5.10 Å². The second-order valence-corrected chi connectivity index (χ2v) is 6.73. The smallest absolute Gasteiger partial charge is 0.227 e. The van der Waals surface area contributed by atoms with Gasteiger partial charge in [0.2, 0.25) is 5.91 Å². The minimum atomic E-state index is -0.118. The molecule has 2 rings (SSSR count). The maximum absolute atomic E-state index is 12.3. The molecule has 2 aromatic rings. The van der Waals surface area contributed by atoms with E-state index in [0.29, 0.717) is 23.1 Å². The summed E-state index contributed by atoms with van der Waals surface area (Å²) in [5.41, 5.74) is 3.10. The van der Waals surface area contributed by atoms with Gasteiger partial charge in [0.05, 0.1) is 25.6 Å². The third-order valence-electron chi connectivity index (χ3n) is 3.89. The van der Waals surface area contributed by atoms with Crippen molar-refractivity contribution in [3.05, 3.63) is 23.9 Å². The molecule has 1 aromatic heterocycles. The average Bonchev–Trinajstić information content (AvgIpc) is 2.95. The quantitative estimate of drug-likeness (QED) is 0.798. The highest BCUT2D eigenvalue weighted by molar-refractivity contribution is 5.97. The number of carbonyl (C=O) groups excluding carboxylic acids is 1. The van der Waals surface area contributed by atoms with Crippen LogP contribution in [0.15, 0.2) is 18.2 Å². The van der Waals surface area contributed by atoms with Gasteiger partial charge < -0.3 is 14.8 Å². The Morgan fingerprint density at radius 1 is 1.20 bits per heavy atom. The van der Waals surface area contributed by atoms with E-state index in [0.717, 1.165) is 23.4 Å². The molecule has 1 heterocycles. The van der Waals surface area contributed by atoms with Gasteiger partial charge in [-0.25, -0.2) is 0 Å². The maximum atomic E-state index is 12.3. The molecular weight excluding hydrogens is 318 g/mol. The summed E-state index contributed by atoms with van der Waals surface area (Å²) in [6.45, 7) is 7.99. The van der Waals surface area contributed by atoms with Gasteiger partial charge in [-0.05, 0) is 24.5 Å². The van der Waals surface area contributed by atoms with Crippen LogP contribution in [0.1, 0.15) is 33.4 Å². The second kappa shape index (κ2) is 8.05. The molecule has 6 heteroatoms. The van der Waals surface area contributed by atoms with Crippen LogP contribution in [0.4, 0.5) is 5.69 Å². The van der Waals surface area contributed by atoms with Gasteiger partial charge in [0, 0.05) is 17.5 Å². The lowest BCUT2D eigenvalue weighted by Crippen LogP contribution is -2.19. The third-order valence-corrected chi connectivity index (χ3v) is 3.89. The van der Waals surface area contributed by atoms with Crippen molar-refractivity contribution in [1.82, 2.24) is 10.2 Å². The lowest BCUT2D eigenvalue weighted by molar-refractivity contribution is -0.118. The SMILES string of the molecule is COc1ccc(-c2n[nH]c(CC(C)C)c2NC(=O)C(C)C)c(OC)c1. The summed E-state index contributed by atoms with van der Waals surface area (Å²) in [5.74, 6) is 1.61. The van der Waals surface area contributed by atoms with Crippen LogP contribution in [-0.4, -0.2) is 30.3 Å². The standard InChI is InChI=1S/C19H27N3O3/c1-11(2)9-15-18(20-19(23)12(3)4)17(22-21-15)14-8-7-13(24-5)10-16(14)25-6/h7-8,10-12H,9H2,1-6H3,(H,20,23)(H,21,22). The molecular formula is C19H27N3O3. The second-order valence-electron chi connectivity index (χ2n) is 6.73. The van der Waals surface area contributed by atoms with E-state index in [1.54, 1.807) is 20.3 Å². The van der Waals surface area contributed by atoms with E-state index in [1.165, 1.54) is 0 Å². The number of anilines is 1. The minimum Gasteiger partial charge on any atom is -0.497 e. The Bertz CT molecular complexity index is 736. The fourth-order valence-electron chi connectivity index (χ4n) is 2.53. The van der Waals surface area contributed by atoms with Crippen LogP contribution in [0.25, 0.3) is 11.3 Å². The molecule has 0 radical (unpaired) electrons. The summed E-state index contributed by atoms with van der Waals surface area (Å²) in [6, 6.07) is 5.54. The molecule has 0 spiro atoms. The van der Waals surface area contributed by atoms with Crippen molar-refractivity contribution in [3.8, 4) is 22.8 Å². The molecule has 0 aliphatic rings. The molecule has 0 aliphatic carbocycles. The fraction of sp³-hybridized carbons (Fsp3) is 0.474. The number of methoxy groups -OCH3 is 2. The Kier molecular flexibility index (Phi) is 6.07. The summed E-state index contributed by atoms with van der Waals surface area (Å²) in [4.78, 5) is 12.3. The van der Waals surface area contributed by atoms with Gasteiger partial charge in [0.15, 0.2) is 0 Å². The van der Waals surface area contributed by atoms with Crippen molar-refractivity contribution in [1.29, 1.82) is 0 Å². The number of H-pyrrole nitrogens is 1. The van der Waals surface area contributed by atoms with E-state index in [9.17, 15) is 4.79 Å². The van der Waals surface area contributed by atoms with Crippen LogP contribution in [0.2, 0.25) is 0 Å². The van der Waals surface area contributed by atoms with Gasteiger partial charge in [-0.15, -0.1) is 0 Å². The predicted molar refractivity (Wildman–Crippen MR) is 99.1 cm³/mol. The largest absolute Gasteiger partial charge is 0.497 e. The van der Waals surface area contributed by atoms with Crippen molar-refractivity contribution in [2.24, 2.45) is 11.8 Å². The number of carbonyl (C=O) groups is 1. The zero-order valence-corrected chi connectivity index (χ0v) is 15.8. The number of nitrogens with one attached hydrogen (secondary N) is 2. The number of nitrogens with zero attached hydrogens (tertiary/aromatic N) is 1. The monoisotopic (exact) mass is 345 g/mol. The number of ether oxygens (including phenoxy) is 2. The van der Waals surface area contributed by atoms with Crippen molar-refractivity contribution in [2.75, 3.05) is 19.5 Å². The topological polar surface area (TPSA) is 76.2 Å². The lowest BCUT2D eigenvalue weighted by atomic mass is 10.0. The van der Waals surface area contributed by atoms with Gasteiger partial charge in [-0.1, -0.05) is 27.7 Å². The van der Waals surface area contributed by atoms with E-state index in [2.05, 4.69) is 29.4 Å².